The topological polar surface area (TPSA) is 66.8 Å². The van der Waals surface area contributed by atoms with Gasteiger partial charge < -0.3 is 14.9 Å². The predicted molar refractivity (Wildman–Crippen MR) is 59.1 cm³/mol. The molecule has 0 atom stereocenters. The van der Waals surface area contributed by atoms with E-state index in [4.69, 9.17) is 9.84 Å². The number of hydrogen-bond donors (Lipinski definition) is 2. The van der Waals surface area contributed by atoms with E-state index in [-0.39, 0.29) is 11.3 Å². The number of rotatable bonds is 2. The highest BCUT2D eigenvalue weighted by Gasteiger charge is 2.11. The first-order valence-electron chi connectivity index (χ1n) is 4.66. The van der Waals surface area contributed by atoms with Gasteiger partial charge in [-0.1, -0.05) is 0 Å². The number of ether oxygens (including phenoxy) is 1. The predicted octanol–water partition coefficient (Wildman–Crippen LogP) is 2.25. The van der Waals surface area contributed by atoms with Crippen LogP contribution in [0.3, 0.4) is 0 Å². The number of benzene rings is 2. The Balaban J connectivity index is 2.85. The van der Waals surface area contributed by atoms with Crippen LogP contribution < -0.4 is 4.74 Å². The van der Waals surface area contributed by atoms with E-state index in [2.05, 4.69) is 0 Å². The molecule has 0 saturated heterocycles. The lowest BCUT2D eigenvalue weighted by molar-refractivity contribution is 0.0699. The third-order valence-electron chi connectivity index (χ3n) is 2.41. The number of carboxylic acid groups (broad SMARTS) is 1. The lowest BCUT2D eigenvalue weighted by Crippen LogP contribution is -1.98. The van der Waals surface area contributed by atoms with E-state index in [1.165, 1.54) is 25.3 Å². The highest BCUT2D eigenvalue weighted by atomic mass is 16.5. The lowest BCUT2D eigenvalue weighted by Gasteiger charge is -2.08. The van der Waals surface area contributed by atoms with Gasteiger partial charge in [0.25, 0.3) is 0 Å². The van der Waals surface area contributed by atoms with Gasteiger partial charge in [0.1, 0.15) is 11.5 Å². The summed E-state index contributed by atoms with van der Waals surface area (Å²) < 4.78 is 5.13. The summed E-state index contributed by atoms with van der Waals surface area (Å²) in [6.07, 6.45) is 0. The number of aromatic carboxylic acids is 1. The summed E-state index contributed by atoms with van der Waals surface area (Å²) in [6, 6.07) is 7.61. The second-order valence-corrected chi connectivity index (χ2v) is 3.35. The fourth-order valence-corrected chi connectivity index (χ4v) is 1.67. The third-order valence-corrected chi connectivity index (χ3v) is 2.41. The van der Waals surface area contributed by atoms with Gasteiger partial charge in [-0.2, -0.15) is 0 Å². The molecule has 2 aromatic carbocycles. The average molecular weight is 218 g/mol. The van der Waals surface area contributed by atoms with Crippen molar-refractivity contribution in [2.45, 2.75) is 0 Å². The van der Waals surface area contributed by atoms with Crippen LogP contribution in [0.15, 0.2) is 30.3 Å². The smallest absolute Gasteiger partial charge is 0.336 e. The van der Waals surface area contributed by atoms with Gasteiger partial charge in [-0.05, 0) is 30.3 Å². The Labute approximate surface area is 91.7 Å². The number of methoxy groups -OCH3 is 1. The lowest BCUT2D eigenvalue weighted by atomic mass is 10.0. The molecule has 82 valence electrons. The summed E-state index contributed by atoms with van der Waals surface area (Å²) in [4.78, 5) is 11.0. The van der Waals surface area contributed by atoms with Gasteiger partial charge in [0.2, 0.25) is 0 Å². The highest BCUT2D eigenvalue weighted by molar-refractivity contribution is 6.06. The molecule has 0 aliphatic rings. The summed E-state index contributed by atoms with van der Waals surface area (Å²) in [6.45, 7) is 0. The summed E-state index contributed by atoms with van der Waals surface area (Å²) in [5.41, 5.74) is 0.145. The Morgan fingerprint density at radius 3 is 2.56 bits per heavy atom. The van der Waals surface area contributed by atoms with Crippen molar-refractivity contribution >= 4 is 16.7 Å². The first-order chi connectivity index (χ1) is 7.63. The Hall–Kier alpha value is -2.23. The maximum absolute atomic E-state index is 11.0. The number of fused-ring (bicyclic) bond motifs is 1. The molecule has 0 spiro atoms. The number of phenols is 1. The standard InChI is InChI=1S/C12H10O4/c1-16-11-5-4-9(12(14)15)10-6-7(13)2-3-8(10)11/h2-6,13H,1H3,(H,14,15). The molecule has 2 N–H and O–H groups in total. The average Bonchev–Trinajstić information content (AvgIpc) is 2.26. The van der Waals surface area contributed by atoms with Crippen LogP contribution in [0.4, 0.5) is 0 Å². The maximum atomic E-state index is 11.0. The van der Waals surface area contributed by atoms with Crippen LogP contribution in [-0.2, 0) is 0 Å². The van der Waals surface area contributed by atoms with E-state index in [0.717, 1.165) is 0 Å². The summed E-state index contributed by atoms with van der Waals surface area (Å²) in [5.74, 6) is -0.415. The molecule has 0 aliphatic heterocycles. The molecule has 4 heteroatoms. The Morgan fingerprint density at radius 2 is 1.94 bits per heavy atom. The number of carboxylic acids is 1. The first kappa shape index (κ1) is 10.3. The quantitative estimate of drug-likeness (QED) is 0.811. The zero-order valence-electron chi connectivity index (χ0n) is 8.60. The van der Waals surface area contributed by atoms with Crippen molar-refractivity contribution in [1.29, 1.82) is 0 Å². The third kappa shape index (κ3) is 1.54. The van der Waals surface area contributed by atoms with Crippen LogP contribution in [0.2, 0.25) is 0 Å². The molecule has 0 aliphatic carbocycles. The fraction of sp³-hybridized carbons (Fsp3) is 0.0833. The summed E-state index contributed by atoms with van der Waals surface area (Å²) in [5, 5.41) is 19.5. The van der Waals surface area contributed by atoms with Crippen LogP contribution in [0.5, 0.6) is 11.5 Å². The Bertz CT molecular complexity index is 560. The van der Waals surface area contributed by atoms with E-state index < -0.39 is 5.97 Å². The molecule has 2 rings (SSSR count). The van der Waals surface area contributed by atoms with Crippen molar-refractivity contribution in [1.82, 2.24) is 0 Å². The fourth-order valence-electron chi connectivity index (χ4n) is 1.67. The molecule has 0 amide bonds. The zero-order chi connectivity index (χ0) is 11.7. The molecule has 0 radical (unpaired) electrons. The largest absolute Gasteiger partial charge is 0.508 e. The molecule has 0 unspecified atom stereocenters. The van der Waals surface area contributed by atoms with Crippen LogP contribution in [-0.4, -0.2) is 23.3 Å². The van der Waals surface area contributed by atoms with Gasteiger partial charge in [0.05, 0.1) is 12.7 Å². The van der Waals surface area contributed by atoms with E-state index >= 15 is 0 Å². The SMILES string of the molecule is COc1ccc(C(=O)O)c2cc(O)ccc12. The van der Waals surface area contributed by atoms with Gasteiger partial charge in [-0.15, -0.1) is 0 Å². The molecule has 0 fully saturated rings. The minimum absolute atomic E-state index is 0.0308. The van der Waals surface area contributed by atoms with E-state index in [9.17, 15) is 9.90 Å². The number of hydrogen-bond acceptors (Lipinski definition) is 3. The van der Waals surface area contributed by atoms with E-state index in [0.29, 0.717) is 16.5 Å². The zero-order valence-corrected chi connectivity index (χ0v) is 8.60. The Morgan fingerprint density at radius 1 is 1.19 bits per heavy atom. The van der Waals surface area contributed by atoms with Crippen molar-refractivity contribution in [2.75, 3.05) is 7.11 Å². The monoisotopic (exact) mass is 218 g/mol. The minimum Gasteiger partial charge on any atom is -0.508 e. The van der Waals surface area contributed by atoms with Crippen molar-refractivity contribution in [3.05, 3.63) is 35.9 Å². The van der Waals surface area contributed by atoms with Crippen LogP contribution in [0, 0.1) is 0 Å². The second kappa shape index (κ2) is 3.73. The number of phenolic OH excluding ortho intramolecular Hbond substituents is 1. The van der Waals surface area contributed by atoms with Gasteiger partial charge in [0, 0.05) is 10.8 Å². The second-order valence-electron chi connectivity index (χ2n) is 3.35. The molecule has 0 bridgehead atoms. The van der Waals surface area contributed by atoms with Crippen molar-refractivity contribution in [3.8, 4) is 11.5 Å². The van der Waals surface area contributed by atoms with Crippen molar-refractivity contribution in [3.63, 3.8) is 0 Å². The van der Waals surface area contributed by atoms with Gasteiger partial charge >= 0.3 is 5.97 Å². The molecule has 4 nitrogen and oxygen atoms in total. The molecule has 0 aromatic heterocycles. The molecular weight excluding hydrogens is 208 g/mol. The van der Waals surface area contributed by atoms with Crippen LogP contribution >= 0.6 is 0 Å². The Kier molecular flexibility index (Phi) is 2.40. The highest BCUT2D eigenvalue weighted by Crippen LogP contribution is 2.30. The molecule has 2 aromatic rings. The summed E-state index contributed by atoms with van der Waals surface area (Å²) in [7, 11) is 1.52. The van der Waals surface area contributed by atoms with Crippen molar-refractivity contribution < 1.29 is 19.7 Å². The molecule has 16 heavy (non-hydrogen) atoms. The number of aromatic hydroxyl groups is 1. The van der Waals surface area contributed by atoms with Gasteiger partial charge in [-0.25, -0.2) is 4.79 Å². The number of carbonyl (C=O) groups is 1. The maximum Gasteiger partial charge on any atom is 0.336 e. The van der Waals surface area contributed by atoms with Gasteiger partial charge in [-0.3, -0.25) is 0 Å². The van der Waals surface area contributed by atoms with E-state index in [1.54, 1.807) is 12.1 Å². The summed E-state index contributed by atoms with van der Waals surface area (Å²) >= 11 is 0. The molecule has 0 saturated carbocycles. The van der Waals surface area contributed by atoms with Gasteiger partial charge in [0.15, 0.2) is 0 Å². The molecule has 0 heterocycles. The first-order valence-corrected chi connectivity index (χ1v) is 4.66. The molecular formula is C12H10O4. The van der Waals surface area contributed by atoms with Crippen LogP contribution in [0.1, 0.15) is 10.4 Å². The minimum atomic E-state index is -1.03. The van der Waals surface area contributed by atoms with Crippen molar-refractivity contribution in [2.24, 2.45) is 0 Å². The normalized spacial score (nSPS) is 10.3. The van der Waals surface area contributed by atoms with Crippen LogP contribution in [0.25, 0.3) is 10.8 Å². The van der Waals surface area contributed by atoms with E-state index in [1.807, 2.05) is 0 Å².